The number of phenolic OH excluding ortho intramolecular Hbond substituents is 3. The third-order valence-corrected chi connectivity index (χ3v) is 1.54. The molecule has 4 nitrogen and oxygen atoms in total. The molecule has 0 aliphatic carbocycles. The molecule has 0 atom stereocenters. The number of phenols is 3. The number of rotatable bonds is 0. The van der Waals surface area contributed by atoms with Crippen molar-refractivity contribution >= 4 is 5.69 Å². The maximum absolute atomic E-state index is 9.12. The van der Waals surface area contributed by atoms with E-state index in [1.54, 1.807) is 0 Å². The van der Waals surface area contributed by atoms with E-state index in [4.69, 9.17) is 21.1 Å². The summed E-state index contributed by atoms with van der Waals surface area (Å²) in [6, 6.07) is 1.09. The van der Waals surface area contributed by atoms with Crippen LogP contribution in [-0.4, -0.2) is 15.3 Å². The minimum absolute atomic E-state index is 0.111. The summed E-state index contributed by atoms with van der Waals surface area (Å²) in [6.07, 6.45) is 0. The molecule has 0 saturated heterocycles. The molecule has 0 aromatic heterocycles. The van der Waals surface area contributed by atoms with Gasteiger partial charge in [0.15, 0.2) is 0 Å². The summed E-state index contributed by atoms with van der Waals surface area (Å²) in [5, 5.41) is 27.1. The van der Waals surface area contributed by atoms with Crippen LogP contribution in [0.5, 0.6) is 17.2 Å². The average molecular weight is 155 g/mol. The summed E-state index contributed by atoms with van der Waals surface area (Å²) >= 11 is 0. The minimum atomic E-state index is -0.314. The third-order valence-electron chi connectivity index (χ3n) is 1.54. The first-order valence-electron chi connectivity index (χ1n) is 3.04. The Hall–Kier alpha value is -1.58. The van der Waals surface area contributed by atoms with Gasteiger partial charge in [-0.2, -0.15) is 0 Å². The maximum atomic E-state index is 9.12. The molecule has 0 aliphatic heterocycles. The van der Waals surface area contributed by atoms with Crippen molar-refractivity contribution < 1.29 is 15.3 Å². The van der Waals surface area contributed by atoms with Crippen LogP contribution in [0.4, 0.5) is 5.69 Å². The Balaban J connectivity index is 3.46. The third kappa shape index (κ3) is 1.02. The van der Waals surface area contributed by atoms with Crippen molar-refractivity contribution in [1.82, 2.24) is 0 Å². The number of nitrogen functional groups attached to an aromatic ring is 1. The monoisotopic (exact) mass is 155 g/mol. The van der Waals surface area contributed by atoms with Gasteiger partial charge in [0.05, 0.1) is 0 Å². The van der Waals surface area contributed by atoms with E-state index in [0.29, 0.717) is 0 Å². The fourth-order valence-corrected chi connectivity index (χ4v) is 0.760. The molecule has 0 radical (unpaired) electrons. The fourth-order valence-electron chi connectivity index (χ4n) is 0.760. The molecule has 0 saturated carbocycles. The zero-order valence-corrected chi connectivity index (χ0v) is 6.00. The van der Waals surface area contributed by atoms with Crippen molar-refractivity contribution in [2.45, 2.75) is 6.92 Å². The van der Waals surface area contributed by atoms with E-state index in [9.17, 15) is 0 Å². The predicted octanol–water partition coefficient (Wildman–Crippen LogP) is 0.694. The molecule has 1 rings (SSSR count). The molecule has 0 bridgehead atoms. The molecule has 0 aliphatic rings. The maximum Gasteiger partial charge on any atom is 0.148 e. The first kappa shape index (κ1) is 7.53. The van der Waals surface area contributed by atoms with Crippen LogP contribution in [0.15, 0.2) is 6.07 Å². The second kappa shape index (κ2) is 2.23. The Morgan fingerprint density at radius 1 is 1.18 bits per heavy atom. The summed E-state index contributed by atoms with van der Waals surface area (Å²) in [4.78, 5) is 0. The van der Waals surface area contributed by atoms with Crippen LogP contribution < -0.4 is 5.73 Å². The standard InChI is InChI=1S/C7H9NO3/c1-3-4(9)2-5(10)6(8)7(3)11/h2,9-11H,8H2,1H3. The van der Waals surface area contributed by atoms with Crippen LogP contribution in [0.25, 0.3) is 0 Å². The Bertz CT molecular complexity index is 270. The van der Waals surface area contributed by atoms with E-state index in [1.807, 2.05) is 0 Å². The molecular weight excluding hydrogens is 146 g/mol. The van der Waals surface area contributed by atoms with Crippen LogP contribution in [0, 0.1) is 6.92 Å². The highest BCUT2D eigenvalue weighted by Gasteiger charge is 2.10. The quantitative estimate of drug-likeness (QED) is 0.252. The van der Waals surface area contributed by atoms with Gasteiger partial charge < -0.3 is 21.1 Å². The van der Waals surface area contributed by atoms with Crippen LogP contribution in [-0.2, 0) is 0 Å². The van der Waals surface area contributed by atoms with Crippen molar-refractivity contribution in [2.24, 2.45) is 0 Å². The lowest BCUT2D eigenvalue weighted by Crippen LogP contribution is -1.88. The van der Waals surface area contributed by atoms with Gasteiger partial charge >= 0.3 is 0 Å². The Morgan fingerprint density at radius 2 is 1.73 bits per heavy atom. The second-order valence-corrected chi connectivity index (χ2v) is 2.30. The molecule has 11 heavy (non-hydrogen) atoms. The first-order valence-corrected chi connectivity index (χ1v) is 3.04. The van der Waals surface area contributed by atoms with E-state index in [1.165, 1.54) is 6.92 Å². The Morgan fingerprint density at radius 3 is 2.27 bits per heavy atom. The normalized spacial score (nSPS) is 9.91. The SMILES string of the molecule is Cc1c(O)cc(O)c(N)c1O. The van der Waals surface area contributed by atoms with Crippen molar-refractivity contribution in [2.75, 3.05) is 5.73 Å². The fraction of sp³-hybridized carbons (Fsp3) is 0.143. The number of hydrogen-bond donors (Lipinski definition) is 4. The van der Waals surface area contributed by atoms with Crippen LogP contribution in [0.3, 0.4) is 0 Å². The summed E-state index contributed by atoms with van der Waals surface area (Å²) in [6.45, 7) is 1.50. The van der Waals surface area contributed by atoms with Crippen LogP contribution >= 0.6 is 0 Å². The van der Waals surface area contributed by atoms with Gasteiger partial charge in [0, 0.05) is 11.6 Å². The van der Waals surface area contributed by atoms with Gasteiger partial charge in [0.2, 0.25) is 0 Å². The lowest BCUT2D eigenvalue weighted by atomic mass is 10.1. The first-order chi connectivity index (χ1) is 5.04. The minimum Gasteiger partial charge on any atom is -0.507 e. The van der Waals surface area contributed by atoms with Gasteiger partial charge in [-0.1, -0.05) is 0 Å². The molecule has 1 aromatic carbocycles. The zero-order valence-electron chi connectivity index (χ0n) is 6.00. The van der Waals surface area contributed by atoms with Crippen molar-refractivity contribution in [1.29, 1.82) is 0 Å². The molecule has 0 fully saturated rings. The van der Waals surface area contributed by atoms with Crippen molar-refractivity contribution in [3.63, 3.8) is 0 Å². The summed E-state index contributed by atoms with van der Waals surface area (Å²) < 4.78 is 0. The predicted molar refractivity (Wildman–Crippen MR) is 40.6 cm³/mol. The summed E-state index contributed by atoms with van der Waals surface area (Å²) in [5.41, 5.74) is 5.39. The van der Waals surface area contributed by atoms with Gasteiger partial charge in [-0.05, 0) is 6.92 Å². The number of anilines is 1. The van der Waals surface area contributed by atoms with E-state index >= 15 is 0 Å². The molecule has 5 N–H and O–H groups in total. The average Bonchev–Trinajstić information content (AvgIpc) is 1.97. The highest BCUT2D eigenvalue weighted by atomic mass is 16.3. The summed E-state index contributed by atoms with van der Waals surface area (Å²) in [5.74, 6) is -0.762. The van der Waals surface area contributed by atoms with Gasteiger partial charge in [-0.15, -0.1) is 0 Å². The molecule has 0 unspecified atom stereocenters. The second-order valence-electron chi connectivity index (χ2n) is 2.30. The lowest BCUT2D eigenvalue weighted by molar-refractivity contribution is 0.426. The molecule has 1 aromatic rings. The molecule has 4 heteroatoms. The summed E-state index contributed by atoms with van der Waals surface area (Å²) in [7, 11) is 0. The lowest BCUT2D eigenvalue weighted by Gasteiger charge is -2.06. The van der Waals surface area contributed by atoms with Gasteiger partial charge in [0.25, 0.3) is 0 Å². The smallest absolute Gasteiger partial charge is 0.148 e. The Labute approximate surface area is 63.5 Å². The highest BCUT2D eigenvalue weighted by Crippen LogP contribution is 2.38. The van der Waals surface area contributed by atoms with E-state index in [2.05, 4.69) is 0 Å². The van der Waals surface area contributed by atoms with Gasteiger partial charge in [-0.25, -0.2) is 0 Å². The highest BCUT2D eigenvalue weighted by molar-refractivity contribution is 5.67. The van der Waals surface area contributed by atoms with Crippen molar-refractivity contribution in [3.8, 4) is 17.2 Å². The molecule has 0 spiro atoms. The number of hydrogen-bond acceptors (Lipinski definition) is 4. The molecule has 60 valence electrons. The van der Waals surface area contributed by atoms with E-state index in [0.717, 1.165) is 6.07 Å². The van der Waals surface area contributed by atoms with Crippen LogP contribution in [0.1, 0.15) is 5.56 Å². The molecule has 0 heterocycles. The topological polar surface area (TPSA) is 86.7 Å². The van der Waals surface area contributed by atoms with E-state index < -0.39 is 0 Å². The Kier molecular flexibility index (Phi) is 1.53. The van der Waals surface area contributed by atoms with Crippen LogP contribution in [0.2, 0.25) is 0 Å². The molecular formula is C7H9NO3. The van der Waals surface area contributed by atoms with E-state index in [-0.39, 0.29) is 28.5 Å². The van der Waals surface area contributed by atoms with Gasteiger partial charge in [0.1, 0.15) is 22.9 Å². The number of benzene rings is 1. The van der Waals surface area contributed by atoms with Crippen molar-refractivity contribution in [3.05, 3.63) is 11.6 Å². The molecule has 0 amide bonds. The zero-order chi connectivity index (χ0) is 8.59. The number of nitrogens with two attached hydrogens (primary N) is 1. The largest absolute Gasteiger partial charge is 0.507 e. The van der Waals surface area contributed by atoms with Gasteiger partial charge in [-0.3, -0.25) is 0 Å². The number of aromatic hydroxyl groups is 3.